The van der Waals surface area contributed by atoms with E-state index in [1.165, 1.54) is 27.5 Å². The van der Waals surface area contributed by atoms with E-state index in [4.69, 9.17) is 0 Å². The van der Waals surface area contributed by atoms with Gasteiger partial charge >= 0.3 is 0 Å². The Bertz CT molecular complexity index is 457. The number of hydrogen-bond donors (Lipinski definition) is 1. The maximum atomic E-state index is 3.53. The number of hydrogen-bond acceptors (Lipinski definition) is 3. The van der Waals surface area contributed by atoms with E-state index in [0.717, 1.165) is 12.6 Å². The molecule has 1 aliphatic rings. The zero-order chi connectivity index (χ0) is 11.5. The highest BCUT2D eigenvalue weighted by Crippen LogP contribution is 2.31. The largest absolute Gasteiger partial charge is 0.310 e. The first-order chi connectivity index (χ1) is 8.40. The molecule has 2 aromatic rings. The van der Waals surface area contributed by atoms with Gasteiger partial charge in [-0.25, -0.2) is 0 Å². The second kappa shape index (κ2) is 5.25. The number of benzene rings is 1. The van der Waals surface area contributed by atoms with Crippen molar-refractivity contribution in [2.75, 3.05) is 0 Å². The second-order valence-corrected chi connectivity index (χ2v) is 6.65. The van der Waals surface area contributed by atoms with E-state index < -0.39 is 0 Å². The minimum Gasteiger partial charge on any atom is -0.310 e. The first-order valence-electron chi connectivity index (χ1n) is 5.94. The standard InChI is InChI=1S/C14H15NS2/c1-2-14(16-9-1)17-13-7-3-11(4-8-13)10-15-12-5-6-12/h1-4,7-9,12,15H,5-6,10H2. The van der Waals surface area contributed by atoms with Gasteiger partial charge in [0.2, 0.25) is 0 Å². The summed E-state index contributed by atoms with van der Waals surface area (Å²) in [6.45, 7) is 1.01. The van der Waals surface area contributed by atoms with Gasteiger partial charge in [0, 0.05) is 17.5 Å². The lowest BCUT2D eigenvalue weighted by Gasteiger charge is -2.04. The minimum absolute atomic E-state index is 0.787. The Kier molecular flexibility index (Phi) is 3.50. The van der Waals surface area contributed by atoms with E-state index >= 15 is 0 Å². The molecule has 0 amide bonds. The van der Waals surface area contributed by atoms with Crippen molar-refractivity contribution in [3.63, 3.8) is 0 Å². The van der Waals surface area contributed by atoms with Crippen LogP contribution in [-0.4, -0.2) is 6.04 Å². The van der Waals surface area contributed by atoms with Gasteiger partial charge in [-0.2, -0.15) is 0 Å². The van der Waals surface area contributed by atoms with Crippen molar-refractivity contribution in [2.24, 2.45) is 0 Å². The van der Waals surface area contributed by atoms with Gasteiger partial charge in [0.25, 0.3) is 0 Å². The Labute approximate surface area is 110 Å². The summed E-state index contributed by atoms with van der Waals surface area (Å²) in [6.07, 6.45) is 2.71. The molecule has 0 bridgehead atoms. The molecule has 1 fully saturated rings. The van der Waals surface area contributed by atoms with E-state index in [1.807, 2.05) is 11.8 Å². The molecular formula is C14H15NS2. The monoisotopic (exact) mass is 261 g/mol. The summed E-state index contributed by atoms with van der Waals surface area (Å²) in [5.74, 6) is 0. The third-order valence-corrected chi connectivity index (χ3v) is 4.85. The third kappa shape index (κ3) is 3.35. The summed E-state index contributed by atoms with van der Waals surface area (Å²) < 4.78 is 1.36. The predicted octanol–water partition coefficient (Wildman–Crippen LogP) is 4.15. The molecule has 3 rings (SSSR count). The smallest absolute Gasteiger partial charge is 0.0646 e. The summed E-state index contributed by atoms with van der Waals surface area (Å²) >= 11 is 3.63. The van der Waals surface area contributed by atoms with E-state index in [-0.39, 0.29) is 0 Å². The van der Waals surface area contributed by atoms with Crippen LogP contribution < -0.4 is 5.32 Å². The Hall–Kier alpha value is -0.770. The van der Waals surface area contributed by atoms with Crippen molar-refractivity contribution in [1.82, 2.24) is 5.32 Å². The van der Waals surface area contributed by atoms with Gasteiger partial charge in [-0.15, -0.1) is 11.3 Å². The molecule has 1 N–H and O–H groups in total. The van der Waals surface area contributed by atoms with Gasteiger partial charge < -0.3 is 5.32 Å². The Morgan fingerprint density at radius 2 is 2.00 bits per heavy atom. The van der Waals surface area contributed by atoms with Crippen LogP contribution in [-0.2, 0) is 6.54 Å². The first-order valence-corrected chi connectivity index (χ1v) is 7.63. The molecule has 88 valence electrons. The fraction of sp³-hybridized carbons (Fsp3) is 0.286. The molecule has 17 heavy (non-hydrogen) atoms. The average molecular weight is 261 g/mol. The fourth-order valence-electron chi connectivity index (χ4n) is 1.66. The molecule has 1 aromatic heterocycles. The van der Waals surface area contributed by atoms with Gasteiger partial charge in [0.05, 0.1) is 4.21 Å². The molecule has 3 heteroatoms. The van der Waals surface area contributed by atoms with Gasteiger partial charge in [0.15, 0.2) is 0 Å². The van der Waals surface area contributed by atoms with Gasteiger partial charge in [-0.05, 0) is 42.0 Å². The maximum absolute atomic E-state index is 3.53. The summed E-state index contributed by atoms with van der Waals surface area (Å²) in [6, 6.07) is 13.9. The zero-order valence-electron chi connectivity index (χ0n) is 9.56. The first kappa shape index (κ1) is 11.3. The van der Waals surface area contributed by atoms with Crippen molar-refractivity contribution in [1.29, 1.82) is 0 Å². The van der Waals surface area contributed by atoms with Crippen LogP contribution >= 0.6 is 23.1 Å². The summed E-state index contributed by atoms with van der Waals surface area (Å²) in [7, 11) is 0. The summed E-state index contributed by atoms with van der Waals surface area (Å²) in [4.78, 5) is 1.32. The molecule has 0 aliphatic heterocycles. The molecular weight excluding hydrogens is 246 g/mol. The highest BCUT2D eigenvalue weighted by atomic mass is 32.2. The zero-order valence-corrected chi connectivity index (χ0v) is 11.2. The molecule has 1 saturated carbocycles. The number of nitrogens with one attached hydrogen (secondary N) is 1. The normalized spacial score (nSPS) is 15.1. The van der Waals surface area contributed by atoms with Crippen molar-refractivity contribution in [2.45, 2.75) is 34.5 Å². The Morgan fingerprint density at radius 1 is 1.18 bits per heavy atom. The van der Waals surface area contributed by atoms with Crippen LogP contribution in [0.3, 0.4) is 0 Å². The van der Waals surface area contributed by atoms with Crippen LogP contribution in [0.2, 0.25) is 0 Å². The van der Waals surface area contributed by atoms with E-state index in [9.17, 15) is 0 Å². The molecule has 0 atom stereocenters. The fourth-order valence-corrected chi connectivity index (χ4v) is 3.41. The van der Waals surface area contributed by atoms with Crippen LogP contribution in [0.15, 0.2) is 50.9 Å². The third-order valence-electron chi connectivity index (χ3n) is 2.81. The maximum Gasteiger partial charge on any atom is 0.0646 e. The molecule has 0 radical (unpaired) electrons. The van der Waals surface area contributed by atoms with Crippen molar-refractivity contribution in [3.8, 4) is 0 Å². The predicted molar refractivity (Wildman–Crippen MR) is 74.7 cm³/mol. The summed E-state index contributed by atoms with van der Waals surface area (Å²) in [5, 5.41) is 5.65. The Morgan fingerprint density at radius 3 is 2.65 bits per heavy atom. The molecule has 1 aliphatic carbocycles. The molecule has 1 heterocycles. The summed E-state index contributed by atoms with van der Waals surface area (Å²) in [5.41, 5.74) is 1.38. The van der Waals surface area contributed by atoms with Crippen LogP contribution in [0, 0.1) is 0 Å². The average Bonchev–Trinajstić information content (AvgIpc) is 3.05. The lowest BCUT2D eigenvalue weighted by Crippen LogP contribution is -2.14. The van der Waals surface area contributed by atoms with Crippen LogP contribution in [0.1, 0.15) is 18.4 Å². The van der Waals surface area contributed by atoms with Gasteiger partial charge in [-0.3, -0.25) is 0 Å². The van der Waals surface area contributed by atoms with E-state index in [0.29, 0.717) is 0 Å². The number of thiophene rings is 1. The van der Waals surface area contributed by atoms with Crippen molar-refractivity contribution >= 4 is 23.1 Å². The molecule has 0 unspecified atom stereocenters. The van der Waals surface area contributed by atoms with Crippen molar-refractivity contribution in [3.05, 3.63) is 47.3 Å². The highest BCUT2D eigenvalue weighted by Gasteiger charge is 2.19. The molecule has 1 nitrogen and oxygen atoms in total. The van der Waals surface area contributed by atoms with Crippen LogP contribution in [0.5, 0.6) is 0 Å². The van der Waals surface area contributed by atoms with Gasteiger partial charge in [-0.1, -0.05) is 30.0 Å². The Balaban J connectivity index is 1.58. The second-order valence-electron chi connectivity index (χ2n) is 4.33. The van der Waals surface area contributed by atoms with Crippen molar-refractivity contribution < 1.29 is 0 Å². The SMILES string of the molecule is c1csc(Sc2ccc(CNC3CC3)cc2)c1. The molecule has 0 spiro atoms. The topological polar surface area (TPSA) is 12.0 Å². The van der Waals surface area contributed by atoms with E-state index in [2.05, 4.69) is 47.1 Å². The lowest BCUT2D eigenvalue weighted by molar-refractivity contribution is 0.687. The minimum atomic E-state index is 0.787. The lowest BCUT2D eigenvalue weighted by atomic mass is 10.2. The molecule has 0 saturated heterocycles. The quantitative estimate of drug-likeness (QED) is 0.867. The van der Waals surface area contributed by atoms with Crippen LogP contribution in [0.4, 0.5) is 0 Å². The van der Waals surface area contributed by atoms with Crippen LogP contribution in [0.25, 0.3) is 0 Å². The number of rotatable bonds is 5. The van der Waals surface area contributed by atoms with Gasteiger partial charge in [0.1, 0.15) is 0 Å². The van der Waals surface area contributed by atoms with E-state index in [1.54, 1.807) is 11.3 Å². The highest BCUT2D eigenvalue weighted by molar-refractivity contribution is 8.01. The molecule has 1 aromatic carbocycles.